The molecule has 9 heteroatoms. The third-order valence-corrected chi connectivity index (χ3v) is 3.92. The lowest BCUT2D eigenvalue weighted by Crippen LogP contribution is -2.16. The monoisotopic (exact) mass is 387 g/mol. The number of hydrogen-bond donors (Lipinski definition) is 2. The molecule has 2 aromatic rings. The van der Waals surface area contributed by atoms with Gasteiger partial charge >= 0.3 is 0 Å². The smallest absolute Gasteiger partial charge is 0.286 e. The van der Waals surface area contributed by atoms with Crippen LogP contribution in [0.15, 0.2) is 30.3 Å². The largest absolute Gasteiger partial charge is 0.493 e. The molecular weight excluding hydrogens is 366 g/mol. The Morgan fingerprint density at radius 2 is 1.79 bits per heavy atom. The van der Waals surface area contributed by atoms with Crippen molar-refractivity contribution in [2.75, 3.05) is 24.4 Å². The first-order valence-electron chi connectivity index (χ1n) is 8.46. The molecule has 0 atom stereocenters. The molecule has 0 saturated heterocycles. The summed E-state index contributed by atoms with van der Waals surface area (Å²) in [5, 5.41) is 16.8. The van der Waals surface area contributed by atoms with E-state index < -0.39 is 16.5 Å². The van der Waals surface area contributed by atoms with E-state index in [-0.39, 0.29) is 29.6 Å². The summed E-state index contributed by atoms with van der Waals surface area (Å²) in [6, 6.07) is 7.41. The first kappa shape index (κ1) is 20.7. The van der Waals surface area contributed by atoms with Crippen LogP contribution in [-0.4, -0.2) is 30.5 Å². The summed E-state index contributed by atoms with van der Waals surface area (Å²) in [4.78, 5) is 34.9. The highest BCUT2D eigenvalue weighted by Crippen LogP contribution is 2.35. The number of carbonyl (C=O) groups is 2. The Hall–Kier alpha value is -3.62. The second kappa shape index (κ2) is 8.85. The van der Waals surface area contributed by atoms with Gasteiger partial charge < -0.3 is 20.1 Å². The molecule has 0 heterocycles. The van der Waals surface area contributed by atoms with Gasteiger partial charge in [0.25, 0.3) is 11.6 Å². The minimum atomic E-state index is -0.684. The number of ether oxygens (including phenoxy) is 2. The van der Waals surface area contributed by atoms with Crippen molar-refractivity contribution in [3.63, 3.8) is 0 Å². The molecule has 2 aromatic carbocycles. The molecule has 0 fully saturated rings. The average molecular weight is 387 g/mol. The molecule has 28 heavy (non-hydrogen) atoms. The molecule has 0 spiro atoms. The average Bonchev–Trinajstić information content (AvgIpc) is 2.64. The van der Waals surface area contributed by atoms with Gasteiger partial charge in [-0.05, 0) is 31.5 Å². The zero-order chi connectivity index (χ0) is 20.8. The van der Waals surface area contributed by atoms with Crippen LogP contribution in [0.5, 0.6) is 11.5 Å². The number of nitrogens with one attached hydrogen (secondary N) is 2. The minimum absolute atomic E-state index is 0.172. The van der Waals surface area contributed by atoms with Crippen LogP contribution in [0.2, 0.25) is 0 Å². The fourth-order valence-electron chi connectivity index (χ4n) is 2.60. The van der Waals surface area contributed by atoms with Crippen molar-refractivity contribution in [3.8, 4) is 11.5 Å². The lowest BCUT2D eigenvalue weighted by Gasteiger charge is -2.14. The van der Waals surface area contributed by atoms with Crippen molar-refractivity contribution in [2.45, 2.75) is 20.8 Å². The molecule has 148 valence electrons. The zero-order valence-corrected chi connectivity index (χ0v) is 16.0. The number of rotatable bonds is 7. The number of hydrogen-bond acceptors (Lipinski definition) is 6. The van der Waals surface area contributed by atoms with Crippen molar-refractivity contribution in [1.82, 2.24) is 0 Å². The van der Waals surface area contributed by atoms with E-state index >= 15 is 0 Å². The van der Waals surface area contributed by atoms with Crippen LogP contribution < -0.4 is 20.1 Å². The maximum absolute atomic E-state index is 12.8. The predicted octanol–water partition coefficient (Wildman–Crippen LogP) is 3.52. The van der Waals surface area contributed by atoms with Crippen LogP contribution in [0.3, 0.4) is 0 Å². The maximum Gasteiger partial charge on any atom is 0.286 e. The van der Waals surface area contributed by atoms with Crippen LogP contribution in [0.25, 0.3) is 0 Å². The normalized spacial score (nSPS) is 10.1. The van der Waals surface area contributed by atoms with Gasteiger partial charge in [-0.25, -0.2) is 0 Å². The van der Waals surface area contributed by atoms with E-state index in [0.29, 0.717) is 16.9 Å². The SMILES string of the molecule is CCOc1cc([N+](=O)[O-])c(C(=O)Nc2cccc(NC(C)=O)c2C)cc1OC. The van der Waals surface area contributed by atoms with Crippen LogP contribution >= 0.6 is 0 Å². The summed E-state index contributed by atoms with van der Waals surface area (Å²) in [6.07, 6.45) is 0. The van der Waals surface area contributed by atoms with Crippen molar-refractivity contribution < 1.29 is 24.0 Å². The lowest BCUT2D eigenvalue weighted by molar-refractivity contribution is -0.385. The molecule has 0 aromatic heterocycles. The number of anilines is 2. The quantitative estimate of drug-likeness (QED) is 0.554. The van der Waals surface area contributed by atoms with Gasteiger partial charge in [-0.15, -0.1) is 0 Å². The summed E-state index contributed by atoms with van der Waals surface area (Å²) < 4.78 is 10.5. The Morgan fingerprint density at radius 1 is 1.14 bits per heavy atom. The Balaban J connectivity index is 2.44. The van der Waals surface area contributed by atoms with Gasteiger partial charge in [0.2, 0.25) is 5.91 Å². The van der Waals surface area contributed by atoms with E-state index in [1.54, 1.807) is 32.0 Å². The highest BCUT2D eigenvalue weighted by molar-refractivity contribution is 6.08. The molecule has 0 radical (unpaired) electrons. The topological polar surface area (TPSA) is 120 Å². The molecule has 0 saturated carbocycles. The second-order valence-corrected chi connectivity index (χ2v) is 5.82. The number of nitrogens with zero attached hydrogens (tertiary/aromatic N) is 1. The Bertz CT molecular complexity index is 926. The van der Waals surface area contributed by atoms with Gasteiger partial charge in [0.05, 0.1) is 24.7 Å². The summed E-state index contributed by atoms with van der Waals surface area (Å²) in [6.45, 7) is 5.11. The van der Waals surface area contributed by atoms with Crippen molar-refractivity contribution in [1.29, 1.82) is 0 Å². The van der Waals surface area contributed by atoms with Gasteiger partial charge in [0.1, 0.15) is 5.56 Å². The number of carbonyl (C=O) groups excluding carboxylic acids is 2. The molecule has 2 amide bonds. The highest BCUT2D eigenvalue weighted by atomic mass is 16.6. The minimum Gasteiger partial charge on any atom is -0.493 e. The van der Waals surface area contributed by atoms with Crippen molar-refractivity contribution >= 4 is 28.9 Å². The van der Waals surface area contributed by atoms with Crippen LogP contribution in [0.4, 0.5) is 17.1 Å². The molecule has 9 nitrogen and oxygen atoms in total. The standard InChI is InChI=1S/C19H21N3O6/c1-5-28-18-10-16(22(25)26)13(9-17(18)27-4)19(24)21-15-8-6-7-14(11(15)2)20-12(3)23/h6-10H,5H2,1-4H3,(H,20,23)(H,21,24). The van der Waals surface area contributed by atoms with E-state index in [1.807, 2.05) is 0 Å². The summed E-state index contributed by atoms with van der Waals surface area (Å²) in [7, 11) is 1.38. The number of amides is 2. The zero-order valence-electron chi connectivity index (χ0n) is 16.0. The Labute approximate surface area is 161 Å². The van der Waals surface area contributed by atoms with E-state index in [4.69, 9.17) is 9.47 Å². The number of nitro groups is 1. The molecule has 0 aliphatic carbocycles. The highest BCUT2D eigenvalue weighted by Gasteiger charge is 2.25. The fourth-order valence-corrected chi connectivity index (χ4v) is 2.60. The van der Waals surface area contributed by atoms with Crippen LogP contribution in [-0.2, 0) is 4.79 Å². The number of methoxy groups -OCH3 is 1. The molecule has 2 N–H and O–H groups in total. The Kier molecular flexibility index (Phi) is 6.54. The van der Waals surface area contributed by atoms with Gasteiger partial charge in [-0.2, -0.15) is 0 Å². The molecule has 0 unspecified atom stereocenters. The summed E-state index contributed by atoms with van der Waals surface area (Å²) >= 11 is 0. The van der Waals surface area contributed by atoms with Crippen molar-refractivity contribution in [2.24, 2.45) is 0 Å². The third kappa shape index (κ3) is 4.56. The van der Waals surface area contributed by atoms with E-state index in [9.17, 15) is 19.7 Å². The van der Waals surface area contributed by atoms with E-state index in [0.717, 1.165) is 6.07 Å². The first-order chi connectivity index (χ1) is 13.3. The number of nitro benzene ring substituents is 1. The van der Waals surface area contributed by atoms with E-state index in [2.05, 4.69) is 10.6 Å². The van der Waals surface area contributed by atoms with Gasteiger partial charge in [0, 0.05) is 24.4 Å². The van der Waals surface area contributed by atoms with Gasteiger partial charge in [0.15, 0.2) is 11.5 Å². The molecule has 0 aliphatic heterocycles. The fraction of sp³-hybridized carbons (Fsp3) is 0.263. The van der Waals surface area contributed by atoms with Gasteiger partial charge in [-0.1, -0.05) is 6.07 Å². The molecule has 2 rings (SSSR count). The first-order valence-corrected chi connectivity index (χ1v) is 8.46. The summed E-state index contributed by atoms with van der Waals surface area (Å²) in [5.41, 5.74) is 0.987. The molecule has 0 aliphatic rings. The summed E-state index contributed by atoms with van der Waals surface area (Å²) in [5.74, 6) is -0.548. The van der Waals surface area contributed by atoms with Crippen molar-refractivity contribution in [3.05, 3.63) is 51.6 Å². The van der Waals surface area contributed by atoms with Crippen LogP contribution in [0, 0.1) is 17.0 Å². The third-order valence-electron chi connectivity index (χ3n) is 3.92. The second-order valence-electron chi connectivity index (χ2n) is 5.82. The van der Waals surface area contributed by atoms with E-state index in [1.165, 1.54) is 20.1 Å². The number of benzene rings is 2. The lowest BCUT2D eigenvalue weighted by atomic mass is 10.1. The molecule has 0 bridgehead atoms. The van der Waals surface area contributed by atoms with Crippen LogP contribution in [0.1, 0.15) is 29.8 Å². The van der Waals surface area contributed by atoms with Gasteiger partial charge in [-0.3, -0.25) is 19.7 Å². The Morgan fingerprint density at radius 3 is 2.32 bits per heavy atom. The maximum atomic E-state index is 12.8. The predicted molar refractivity (Wildman–Crippen MR) is 104 cm³/mol. The molecular formula is C19H21N3O6.